The summed E-state index contributed by atoms with van der Waals surface area (Å²) in [5, 5.41) is 0.276. The first-order valence-corrected chi connectivity index (χ1v) is 7.65. The summed E-state index contributed by atoms with van der Waals surface area (Å²) in [7, 11) is 0. The Balaban J connectivity index is 1.80. The standard InChI is InChI=1S/C15H22ClN3O2/c1-15(2,3)21-14(20)19-6-4-11(5-7-19)8-12-9-17-13(16)18-10-12/h9-11H,4-8H2,1-3H3. The van der Waals surface area contributed by atoms with Gasteiger partial charge in [0.2, 0.25) is 5.28 Å². The van der Waals surface area contributed by atoms with Gasteiger partial charge in [0.05, 0.1) is 0 Å². The van der Waals surface area contributed by atoms with Crippen LogP contribution in [0.3, 0.4) is 0 Å². The van der Waals surface area contributed by atoms with Crippen LogP contribution in [0.15, 0.2) is 12.4 Å². The van der Waals surface area contributed by atoms with Crippen LogP contribution in [-0.4, -0.2) is 39.7 Å². The minimum Gasteiger partial charge on any atom is -0.444 e. The number of carbonyl (C=O) groups is 1. The lowest BCUT2D eigenvalue weighted by Gasteiger charge is -2.33. The van der Waals surface area contributed by atoms with Crippen LogP contribution in [0.1, 0.15) is 39.2 Å². The van der Waals surface area contributed by atoms with Crippen molar-refractivity contribution >= 4 is 17.7 Å². The van der Waals surface area contributed by atoms with Crippen LogP contribution in [0, 0.1) is 5.92 Å². The van der Waals surface area contributed by atoms with Crippen LogP contribution in [0.4, 0.5) is 4.79 Å². The topological polar surface area (TPSA) is 55.3 Å². The van der Waals surface area contributed by atoms with E-state index in [1.165, 1.54) is 0 Å². The molecule has 0 unspecified atom stereocenters. The summed E-state index contributed by atoms with van der Waals surface area (Å²) in [6, 6.07) is 0. The Morgan fingerprint density at radius 3 is 2.43 bits per heavy atom. The molecule has 1 aliphatic heterocycles. The molecule has 0 spiro atoms. The maximum atomic E-state index is 12.0. The van der Waals surface area contributed by atoms with E-state index >= 15 is 0 Å². The molecular formula is C15H22ClN3O2. The third-order valence-corrected chi connectivity index (χ3v) is 3.66. The van der Waals surface area contributed by atoms with Gasteiger partial charge in [0.15, 0.2) is 0 Å². The number of ether oxygens (including phenoxy) is 1. The fourth-order valence-electron chi connectivity index (χ4n) is 2.42. The molecule has 1 aliphatic rings. The van der Waals surface area contributed by atoms with E-state index in [0.717, 1.165) is 37.9 Å². The van der Waals surface area contributed by atoms with Crippen molar-refractivity contribution < 1.29 is 9.53 Å². The van der Waals surface area contributed by atoms with Gasteiger partial charge < -0.3 is 9.64 Å². The molecular weight excluding hydrogens is 290 g/mol. The number of likely N-dealkylation sites (tertiary alicyclic amines) is 1. The number of aromatic nitrogens is 2. The third kappa shape index (κ3) is 5.16. The fourth-order valence-corrected chi connectivity index (χ4v) is 2.52. The maximum Gasteiger partial charge on any atom is 0.410 e. The first-order chi connectivity index (χ1) is 9.83. The Morgan fingerprint density at radius 1 is 1.33 bits per heavy atom. The Kier molecular flexibility index (Phi) is 5.04. The highest BCUT2D eigenvalue weighted by Gasteiger charge is 2.26. The lowest BCUT2D eigenvalue weighted by atomic mass is 9.91. The van der Waals surface area contributed by atoms with Gasteiger partial charge in [-0.25, -0.2) is 14.8 Å². The second kappa shape index (κ2) is 6.60. The second-order valence-electron chi connectivity index (χ2n) is 6.48. The fraction of sp³-hybridized carbons (Fsp3) is 0.667. The lowest BCUT2D eigenvalue weighted by Crippen LogP contribution is -2.42. The van der Waals surface area contributed by atoms with Gasteiger partial charge in [-0.2, -0.15) is 0 Å². The summed E-state index contributed by atoms with van der Waals surface area (Å²) in [6.45, 7) is 7.15. The Hall–Kier alpha value is -1.36. The van der Waals surface area contributed by atoms with Gasteiger partial charge >= 0.3 is 6.09 Å². The van der Waals surface area contributed by atoms with Gasteiger partial charge in [-0.3, -0.25) is 0 Å². The van der Waals surface area contributed by atoms with Gasteiger partial charge in [0, 0.05) is 25.5 Å². The molecule has 0 aromatic carbocycles. The second-order valence-corrected chi connectivity index (χ2v) is 6.81. The van der Waals surface area contributed by atoms with Crippen molar-refractivity contribution in [1.29, 1.82) is 0 Å². The molecule has 0 N–H and O–H groups in total. The molecule has 6 heteroatoms. The van der Waals surface area contributed by atoms with E-state index in [2.05, 4.69) is 9.97 Å². The molecule has 0 radical (unpaired) electrons. The quantitative estimate of drug-likeness (QED) is 0.786. The molecule has 2 rings (SSSR count). The summed E-state index contributed by atoms with van der Waals surface area (Å²) < 4.78 is 5.40. The number of carbonyl (C=O) groups excluding carboxylic acids is 1. The van der Waals surface area contributed by atoms with E-state index in [0.29, 0.717) is 5.92 Å². The molecule has 0 aliphatic carbocycles. The zero-order chi connectivity index (χ0) is 15.5. The van der Waals surface area contributed by atoms with Crippen LogP contribution >= 0.6 is 11.6 Å². The molecule has 116 valence electrons. The zero-order valence-electron chi connectivity index (χ0n) is 12.8. The van der Waals surface area contributed by atoms with Crippen LogP contribution in [0.25, 0.3) is 0 Å². The smallest absolute Gasteiger partial charge is 0.410 e. The number of hydrogen-bond acceptors (Lipinski definition) is 4. The average molecular weight is 312 g/mol. The van der Waals surface area contributed by atoms with E-state index < -0.39 is 5.60 Å². The largest absolute Gasteiger partial charge is 0.444 e. The molecule has 1 aromatic heterocycles. The SMILES string of the molecule is CC(C)(C)OC(=O)N1CCC(Cc2cnc(Cl)nc2)CC1. The highest BCUT2D eigenvalue weighted by atomic mass is 35.5. The summed E-state index contributed by atoms with van der Waals surface area (Å²) in [6.07, 6.45) is 6.21. The summed E-state index contributed by atoms with van der Waals surface area (Å²) in [5.74, 6) is 0.550. The Morgan fingerprint density at radius 2 is 1.90 bits per heavy atom. The number of nitrogens with zero attached hydrogens (tertiary/aromatic N) is 3. The van der Waals surface area contributed by atoms with Crippen molar-refractivity contribution in [2.24, 2.45) is 5.92 Å². The van der Waals surface area contributed by atoms with Crippen LogP contribution < -0.4 is 0 Å². The molecule has 2 heterocycles. The first kappa shape index (κ1) is 16.0. The Bertz CT molecular complexity index is 477. The molecule has 5 nitrogen and oxygen atoms in total. The lowest BCUT2D eigenvalue weighted by molar-refractivity contribution is 0.0184. The Labute approximate surface area is 130 Å². The number of hydrogen-bond donors (Lipinski definition) is 0. The number of halogens is 1. The monoisotopic (exact) mass is 311 g/mol. The van der Waals surface area contributed by atoms with E-state index in [1.54, 1.807) is 17.3 Å². The van der Waals surface area contributed by atoms with Crippen molar-refractivity contribution in [3.05, 3.63) is 23.2 Å². The van der Waals surface area contributed by atoms with E-state index in [9.17, 15) is 4.79 Å². The van der Waals surface area contributed by atoms with E-state index in [1.807, 2.05) is 20.8 Å². The molecule has 0 atom stereocenters. The van der Waals surface area contributed by atoms with Gasteiger partial charge in [0.1, 0.15) is 5.60 Å². The van der Waals surface area contributed by atoms with Crippen LogP contribution in [-0.2, 0) is 11.2 Å². The molecule has 1 aromatic rings. The van der Waals surface area contributed by atoms with Gasteiger partial charge in [-0.15, -0.1) is 0 Å². The number of rotatable bonds is 2. The molecule has 1 amide bonds. The van der Waals surface area contributed by atoms with E-state index in [4.69, 9.17) is 16.3 Å². The van der Waals surface area contributed by atoms with Crippen LogP contribution in [0.2, 0.25) is 5.28 Å². The summed E-state index contributed by atoms with van der Waals surface area (Å²) >= 11 is 5.68. The zero-order valence-corrected chi connectivity index (χ0v) is 13.6. The van der Waals surface area contributed by atoms with Crippen molar-refractivity contribution in [2.45, 2.75) is 45.6 Å². The van der Waals surface area contributed by atoms with Crippen molar-refractivity contribution in [3.8, 4) is 0 Å². The minimum atomic E-state index is -0.436. The molecule has 1 fully saturated rings. The number of piperidine rings is 1. The van der Waals surface area contributed by atoms with Crippen molar-refractivity contribution in [3.63, 3.8) is 0 Å². The summed E-state index contributed by atoms with van der Waals surface area (Å²) in [5.41, 5.74) is 0.657. The minimum absolute atomic E-state index is 0.212. The van der Waals surface area contributed by atoms with E-state index in [-0.39, 0.29) is 11.4 Å². The normalized spacial score (nSPS) is 16.9. The molecule has 21 heavy (non-hydrogen) atoms. The average Bonchev–Trinajstić information content (AvgIpc) is 2.40. The highest BCUT2D eigenvalue weighted by Crippen LogP contribution is 2.22. The predicted molar refractivity (Wildman–Crippen MR) is 81.3 cm³/mol. The molecule has 1 saturated heterocycles. The van der Waals surface area contributed by atoms with Crippen molar-refractivity contribution in [2.75, 3.05) is 13.1 Å². The van der Waals surface area contributed by atoms with Crippen LogP contribution in [0.5, 0.6) is 0 Å². The third-order valence-electron chi connectivity index (χ3n) is 3.46. The van der Waals surface area contributed by atoms with Gasteiger partial charge in [0.25, 0.3) is 0 Å². The predicted octanol–water partition coefficient (Wildman–Crippen LogP) is 3.32. The van der Waals surface area contributed by atoms with Gasteiger partial charge in [-0.1, -0.05) is 0 Å². The summed E-state index contributed by atoms with van der Waals surface area (Å²) in [4.78, 5) is 21.8. The highest BCUT2D eigenvalue weighted by molar-refractivity contribution is 6.28. The molecule has 0 saturated carbocycles. The maximum absolute atomic E-state index is 12.0. The van der Waals surface area contributed by atoms with Gasteiger partial charge in [-0.05, 0) is 63.1 Å². The molecule has 0 bridgehead atoms. The first-order valence-electron chi connectivity index (χ1n) is 7.28. The van der Waals surface area contributed by atoms with Crippen molar-refractivity contribution in [1.82, 2.24) is 14.9 Å². The number of amides is 1.